The third-order valence-corrected chi connectivity index (χ3v) is 5.36. The molecule has 0 saturated heterocycles. The van der Waals surface area contributed by atoms with Gasteiger partial charge in [0, 0.05) is 35.9 Å². The fraction of sp³-hybridized carbons (Fsp3) is 0.0714. The number of nitro groups is 1. The van der Waals surface area contributed by atoms with Gasteiger partial charge in [-0.15, -0.1) is 0 Å². The number of nitrogens with one attached hydrogen (secondary N) is 2. The van der Waals surface area contributed by atoms with E-state index in [4.69, 9.17) is 4.42 Å². The quantitative estimate of drug-likeness (QED) is 0.203. The highest BCUT2D eigenvalue weighted by atomic mass is 16.6. The molecule has 0 fully saturated rings. The van der Waals surface area contributed by atoms with E-state index in [2.05, 4.69) is 10.6 Å². The number of hydrogen-bond donors (Lipinski definition) is 2. The Morgan fingerprint density at radius 2 is 1.69 bits per heavy atom. The van der Waals surface area contributed by atoms with Crippen molar-refractivity contribution in [3.05, 3.63) is 129 Å². The van der Waals surface area contributed by atoms with Crippen LogP contribution in [-0.2, 0) is 11.3 Å². The van der Waals surface area contributed by atoms with Crippen LogP contribution in [0, 0.1) is 17.0 Å². The minimum absolute atomic E-state index is 0.00329. The van der Waals surface area contributed by atoms with Crippen LogP contribution in [0.25, 0.3) is 17.4 Å². The largest absolute Gasteiger partial charge is 0.457 e. The fourth-order valence-electron chi connectivity index (χ4n) is 3.43. The van der Waals surface area contributed by atoms with Crippen molar-refractivity contribution in [2.45, 2.75) is 13.5 Å². The van der Waals surface area contributed by atoms with E-state index < -0.39 is 16.7 Å². The lowest BCUT2D eigenvalue weighted by Gasteiger charge is -2.11. The van der Waals surface area contributed by atoms with Crippen LogP contribution in [0.5, 0.6) is 0 Å². The Hall–Kier alpha value is -4.98. The highest BCUT2D eigenvalue weighted by Crippen LogP contribution is 2.26. The van der Waals surface area contributed by atoms with Gasteiger partial charge < -0.3 is 15.1 Å². The van der Waals surface area contributed by atoms with Crippen LogP contribution in [0.3, 0.4) is 0 Å². The zero-order valence-corrected chi connectivity index (χ0v) is 19.4. The van der Waals surface area contributed by atoms with Gasteiger partial charge in [-0.3, -0.25) is 19.7 Å². The van der Waals surface area contributed by atoms with Gasteiger partial charge in [-0.25, -0.2) is 0 Å². The predicted octanol–water partition coefficient (Wildman–Crippen LogP) is 5.25. The van der Waals surface area contributed by atoms with Crippen molar-refractivity contribution in [2.75, 3.05) is 0 Å². The molecule has 0 aliphatic rings. The maximum atomic E-state index is 13.0. The molecule has 36 heavy (non-hydrogen) atoms. The number of carbonyl (C=O) groups is 2. The minimum atomic E-state index is -0.493. The number of carbonyl (C=O) groups excluding carboxylic acids is 2. The molecule has 0 spiro atoms. The van der Waals surface area contributed by atoms with Gasteiger partial charge in [0.25, 0.3) is 17.5 Å². The van der Waals surface area contributed by atoms with Crippen LogP contribution < -0.4 is 10.6 Å². The molecule has 2 amide bonds. The average Bonchev–Trinajstić information content (AvgIpc) is 3.36. The number of aryl methyl sites for hydroxylation is 1. The van der Waals surface area contributed by atoms with Gasteiger partial charge >= 0.3 is 0 Å². The van der Waals surface area contributed by atoms with Gasteiger partial charge in [-0.05, 0) is 36.8 Å². The van der Waals surface area contributed by atoms with Gasteiger partial charge in [0.15, 0.2) is 0 Å². The molecule has 0 aliphatic carbocycles. The summed E-state index contributed by atoms with van der Waals surface area (Å²) in [7, 11) is 0. The van der Waals surface area contributed by atoms with Gasteiger partial charge in [0.05, 0.1) is 4.92 Å². The second kappa shape index (κ2) is 11.0. The summed E-state index contributed by atoms with van der Waals surface area (Å²) in [6, 6.07) is 25.7. The van der Waals surface area contributed by atoms with E-state index in [1.165, 1.54) is 18.2 Å². The van der Waals surface area contributed by atoms with Gasteiger partial charge in [-0.1, -0.05) is 60.2 Å². The van der Waals surface area contributed by atoms with Gasteiger partial charge in [0.2, 0.25) is 0 Å². The number of amides is 2. The van der Waals surface area contributed by atoms with Gasteiger partial charge in [0.1, 0.15) is 17.2 Å². The maximum Gasteiger partial charge on any atom is 0.270 e. The number of non-ortho nitro benzene ring substituents is 1. The molecular weight excluding hydrogens is 458 g/mol. The molecule has 8 nitrogen and oxygen atoms in total. The number of nitro benzene ring substituents is 1. The van der Waals surface area contributed by atoms with E-state index in [-0.39, 0.29) is 17.9 Å². The summed E-state index contributed by atoms with van der Waals surface area (Å²) in [6.07, 6.45) is 1.42. The number of benzene rings is 3. The first-order valence-electron chi connectivity index (χ1n) is 11.2. The summed E-state index contributed by atoms with van der Waals surface area (Å²) >= 11 is 0. The van der Waals surface area contributed by atoms with E-state index in [0.29, 0.717) is 22.6 Å². The molecule has 3 aromatic carbocycles. The lowest BCUT2D eigenvalue weighted by atomic mass is 10.1. The minimum Gasteiger partial charge on any atom is -0.457 e. The van der Waals surface area contributed by atoms with Crippen molar-refractivity contribution in [1.29, 1.82) is 0 Å². The molecule has 0 atom stereocenters. The summed E-state index contributed by atoms with van der Waals surface area (Å²) in [4.78, 5) is 36.5. The van der Waals surface area contributed by atoms with Crippen molar-refractivity contribution in [3.8, 4) is 11.3 Å². The van der Waals surface area contributed by atoms with E-state index in [1.807, 2.05) is 49.4 Å². The maximum absolute atomic E-state index is 13.0. The summed E-state index contributed by atoms with van der Waals surface area (Å²) in [5.74, 6) is -0.251. The van der Waals surface area contributed by atoms with Crippen LogP contribution in [-0.4, -0.2) is 16.7 Å². The zero-order chi connectivity index (χ0) is 25.5. The lowest BCUT2D eigenvalue weighted by Crippen LogP contribution is -2.34. The standard InChI is InChI=1S/C28H23N3O5/c1-19-10-12-21(13-11-19)27(32)30-25(28(33)29-18-20-6-3-2-4-7-20)17-24-14-15-26(36-24)22-8-5-9-23(16-22)31(34)35/h2-17H,18H2,1H3,(H,29,33)(H,30,32)/b25-17-. The normalized spacial score (nSPS) is 11.1. The van der Waals surface area contributed by atoms with E-state index in [9.17, 15) is 19.7 Å². The summed E-state index contributed by atoms with van der Waals surface area (Å²) in [6.45, 7) is 2.19. The first-order chi connectivity index (χ1) is 17.4. The van der Waals surface area contributed by atoms with E-state index in [1.54, 1.807) is 36.4 Å². The fourth-order valence-corrected chi connectivity index (χ4v) is 3.43. The number of nitrogens with zero attached hydrogens (tertiary/aromatic N) is 1. The molecule has 4 aromatic rings. The van der Waals surface area contributed by atoms with Crippen molar-refractivity contribution in [3.63, 3.8) is 0 Å². The second-order valence-corrected chi connectivity index (χ2v) is 8.06. The molecule has 2 N–H and O–H groups in total. The summed E-state index contributed by atoms with van der Waals surface area (Å²) in [5, 5.41) is 16.6. The molecule has 0 bridgehead atoms. The Morgan fingerprint density at radius 3 is 2.42 bits per heavy atom. The highest BCUT2D eigenvalue weighted by molar-refractivity contribution is 6.05. The predicted molar refractivity (Wildman–Crippen MR) is 136 cm³/mol. The van der Waals surface area contributed by atoms with Crippen LogP contribution in [0.4, 0.5) is 5.69 Å². The molecule has 4 rings (SSSR count). The molecular formula is C28H23N3O5. The number of rotatable bonds is 8. The Balaban J connectivity index is 1.59. The van der Waals surface area contributed by atoms with Crippen LogP contribution in [0.1, 0.15) is 27.2 Å². The molecule has 1 aromatic heterocycles. The molecule has 0 radical (unpaired) electrons. The first kappa shape index (κ1) is 24.2. The number of furan rings is 1. The molecule has 0 aliphatic heterocycles. The SMILES string of the molecule is Cc1ccc(C(=O)N/C(=C\c2ccc(-c3cccc([N+](=O)[O-])c3)o2)C(=O)NCc2ccccc2)cc1. The Bertz CT molecular complexity index is 1420. The van der Waals surface area contributed by atoms with Crippen molar-refractivity contribution in [1.82, 2.24) is 10.6 Å². The molecule has 1 heterocycles. The van der Waals surface area contributed by atoms with Gasteiger partial charge in [-0.2, -0.15) is 0 Å². The molecule has 0 unspecified atom stereocenters. The summed E-state index contributed by atoms with van der Waals surface area (Å²) in [5.41, 5.74) is 2.76. The smallest absolute Gasteiger partial charge is 0.270 e. The summed E-state index contributed by atoms with van der Waals surface area (Å²) < 4.78 is 5.82. The third-order valence-electron chi connectivity index (χ3n) is 5.36. The molecule has 0 saturated carbocycles. The van der Waals surface area contributed by atoms with Crippen LogP contribution >= 0.6 is 0 Å². The molecule has 8 heteroatoms. The Morgan fingerprint density at radius 1 is 0.944 bits per heavy atom. The monoisotopic (exact) mass is 481 g/mol. The zero-order valence-electron chi connectivity index (χ0n) is 19.4. The lowest BCUT2D eigenvalue weighted by molar-refractivity contribution is -0.384. The number of hydrogen-bond acceptors (Lipinski definition) is 5. The van der Waals surface area contributed by atoms with Crippen molar-refractivity contribution < 1.29 is 18.9 Å². The van der Waals surface area contributed by atoms with Crippen molar-refractivity contribution in [2.24, 2.45) is 0 Å². The van der Waals surface area contributed by atoms with Crippen LogP contribution in [0.15, 0.2) is 101 Å². The second-order valence-electron chi connectivity index (χ2n) is 8.06. The Kier molecular flexibility index (Phi) is 7.36. The topological polar surface area (TPSA) is 114 Å². The van der Waals surface area contributed by atoms with E-state index >= 15 is 0 Å². The third kappa shape index (κ3) is 6.12. The molecule has 180 valence electrons. The first-order valence-corrected chi connectivity index (χ1v) is 11.2. The average molecular weight is 482 g/mol. The van der Waals surface area contributed by atoms with E-state index in [0.717, 1.165) is 11.1 Å². The Labute approximate surface area is 207 Å². The van der Waals surface area contributed by atoms with Crippen LogP contribution in [0.2, 0.25) is 0 Å². The highest BCUT2D eigenvalue weighted by Gasteiger charge is 2.16. The van der Waals surface area contributed by atoms with Crippen molar-refractivity contribution >= 4 is 23.6 Å².